The van der Waals surface area contributed by atoms with Gasteiger partial charge in [0.15, 0.2) is 0 Å². The molecule has 1 unspecified atom stereocenters. The van der Waals surface area contributed by atoms with E-state index in [-0.39, 0.29) is 6.04 Å². The summed E-state index contributed by atoms with van der Waals surface area (Å²) in [6, 6.07) is 38.4. The molecule has 0 radical (unpaired) electrons. The smallest absolute Gasteiger partial charge is 0.0560 e. The van der Waals surface area contributed by atoms with Gasteiger partial charge in [-0.25, -0.2) is 0 Å². The average Bonchev–Trinajstić information content (AvgIpc) is 3.62. The molecule has 0 fully saturated rings. The molecular formula is C53H40N4. The van der Waals surface area contributed by atoms with Crippen LogP contribution in [0.25, 0.3) is 82.3 Å². The second-order valence-electron chi connectivity index (χ2n) is 15.3. The van der Waals surface area contributed by atoms with Gasteiger partial charge in [0.2, 0.25) is 0 Å². The lowest BCUT2D eigenvalue weighted by Gasteiger charge is -2.21. The van der Waals surface area contributed by atoms with Crippen LogP contribution in [0.2, 0.25) is 0 Å². The normalized spacial score (nSPS) is 16.6. The number of allylic oxidation sites excluding steroid dienone is 10. The SMILES string of the molecule is C1=CCC(n2c3ccncc3c3cc(-c4cncc(C5=CNCC(c6ccc7c(-c8ccccc8)c8ccccc8c(C8=CCCC=C8)c7c6)=C5)c4)ccc32)C=C1. The zero-order valence-corrected chi connectivity index (χ0v) is 31.6. The van der Waals surface area contributed by atoms with Crippen molar-refractivity contribution in [3.63, 3.8) is 0 Å². The van der Waals surface area contributed by atoms with Crippen LogP contribution in [-0.4, -0.2) is 21.1 Å². The lowest BCUT2D eigenvalue weighted by Crippen LogP contribution is -2.14. The Morgan fingerprint density at radius 1 is 0.561 bits per heavy atom. The van der Waals surface area contributed by atoms with Crippen LogP contribution in [0, 0.1) is 0 Å². The van der Waals surface area contributed by atoms with Gasteiger partial charge in [-0.05, 0) is 122 Å². The van der Waals surface area contributed by atoms with E-state index >= 15 is 0 Å². The summed E-state index contributed by atoms with van der Waals surface area (Å²) in [5, 5.41) is 11.1. The molecule has 3 aliphatic rings. The van der Waals surface area contributed by atoms with Crippen molar-refractivity contribution in [1.82, 2.24) is 19.9 Å². The molecule has 1 N–H and O–H groups in total. The third kappa shape index (κ3) is 5.76. The highest BCUT2D eigenvalue weighted by Gasteiger charge is 2.21. The fraction of sp³-hybridized carbons (Fsp3) is 0.0943. The number of aromatic nitrogens is 3. The molecule has 0 amide bonds. The molecule has 8 aromatic rings. The first-order valence-electron chi connectivity index (χ1n) is 20.0. The minimum Gasteiger partial charge on any atom is -0.386 e. The Morgan fingerprint density at radius 3 is 2.23 bits per heavy atom. The molecule has 3 aromatic heterocycles. The van der Waals surface area contributed by atoms with Gasteiger partial charge < -0.3 is 9.88 Å². The summed E-state index contributed by atoms with van der Waals surface area (Å²) >= 11 is 0. The number of hydrogen-bond donors (Lipinski definition) is 1. The Kier molecular flexibility index (Phi) is 8.13. The predicted molar refractivity (Wildman–Crippen MR) is 240 cm³/mol. The molecular weight excluding hydrogens is 693 g/mol. The minimum absolute atomic E-state index is 0.278. The number of hydrogen-bond acceptors (Lipinski definition) is 3. The summed E-state index contributed by atoms with van der Waals surface area (Å²) in [5.74, 6) is 0. The molecule has 57 heavy (non-hydrogen) atoms. The standard InChI is InChI=1S/C53H40N4/c1-4-12-35(13-5-1)52-44-18-10-11-19-45(44)53(36-14-6-2-7-15-36)48-29-37(20-22-46(48)52)39-26-41(32-55-30-39)42-27-40(31-56-33-42)38-21-23-50-47(28-38)49-34-54-25-24-51(49)57(50)43-16-8-3-9-17-43/h1,3-6,8-16,18-29,31-34,43,55H,2,7,17,30H2. The summed E-state index contributed by atoms with van der Waals surface area (Å²) in [4.78, 5) is 9.31. The lowest BCUT2D eigenvalue weighted by atomic mass is 9.83. The van der Waals surface area contributed by atoms with Gasteiger partial charge in [0.25, 0.3) is 0 Å². The maximum atomic E-state index is 4.78. The first-order valence-corrected chi connectivity index (χ1v) is 20.0. The van der Waals surface area contributed by atoms with E-state index in [2.05, 4.69) is 173 Å². The van der Waals surface area contributed by atoms with Crippen molar-refractivity contribution < 1.29 is 0 Å². The maximum absolute atomic E-state index is 4.78. The van der Waals surface area contributed by atoms with Crippen molar-refractivity contribution in [2.45, 2.75) is 25.3 Å². The van der Waals surface area contributed by atoms with Crippen molar-refractivity contribution in [2.75, 3.05) is 6.54 Å². The van der Waals surface area contributed by atoms with Crippen LogP contribution < -0.4 is 5.32 Å². The Hall–Kier alpha value is -7.04. The van der Waals surface area contributed by atoms with Crippen LogP contribution in [0.15, 0.2) is 183 Å². The van der Waals surface area contributed by atoms with Gasteiger partial charge in [-0.15, -0.1) is 0 Å². The number of fused-ring (bicyclic) bond motifs is 5. The zero-order valence-electron chi connectivity index (χ0n) is 31.6. The fourth-order valence-corrected chi connectivity index (χ4v) is 9.26. The van der Waals surface area contributed by atoms with E-state index in [9.17, 15) is 0 Å². The van der Waals surface area contributed by atoms with Crippen LogP contribution in [0.1, 0.15) is 42.0 Å². The Morgan fingerprint density at radius 2 is 1.37 bits per heavy atom. The molecule has 1 atom stereocenters. The van der Waals surface area contributed by atoms with Gasteiger partial charge in [-0.1, -0.05) is 115 Å². The largest absolute Gasteiger partial charge is 0.386 e. The third-order valence-corrected chi connectivity index (χ3v) is 11.9. The quantitative estimate of drug-likeness (QED) is 0.173. The minimum atomic E-state index is 0.278. The molecule has 0 saturated carbocycles. The fourth-order valence-electron chi connectivity index (χ4n) is 9.26. The van der Waals surface area contributed by atoms with Crippen molar-refractivity contribution in [3.8, 4) is 22.3 Å². The molecule has 0 spiro atoms. The maximum Gasteiger partial charge on any atom is 0.0560 e. The number of rotatable bonds is 6. The number of nitrogens with one attached hydrogen (secondary N) is 1. The second kappa shape index (κ2) is 13.9. The number of dihydropyridines is 1. The first-order chi connectivity index (χ1) is 28.3. The Balaban J connectivity index is 1.00. The highest BCUT2D eigenvalue weighted by Crippen LogP contribution is 2.44. The van der Waals surface area contributed by atoms with E-state index < -0.39 is 0 Å². The van der Waals surface area contributed by atoms with Crippen molar-refractivity contribution in [1.29, 1.82) is 0 Å². The number of pyridine rings is 2. The number of nitrogens with zero attached hydrogens (tertiary/aromatic N) is 3. The zero-order chi connectivity index (χ0) is 37.7. The predicted octanol–water partition coefficient (Wildman–Crippen LogP) is 13.0. The van der Waals surface area contributed by atoms with E-state index in [4.69, 9.17) is 4.98 Å². The highest BCUT2D eigenvalue weighted by molar-refractivity contribution is 6.20. The van der Waals surface area contributed by atoms with E-state index in [0.29, 0.717) is 0 Å². The third-order valence-electron chi connectivity index (χ3n) is 11.9. The van der Waals surface area contributed by atoms with Crippen LogP contribution in [0.4, 0.5) is 0 Å². The monoisotopic (exact) mass is 732 g/mol. The summed E-state index contributed by atoms with van der Waals surface area (Å²) in [7, 11) is 0. The van der Waals surface area contributed by atoms with Crippen molar-refractivity contribution in [2.24, 2.45) is 0 Å². The molecule has 4 heterocycles. The summed E-state index contributed by atoms with van der Waals surface area (Å²) in [5.41, 5.74) is 14.5. The van der Waals surface area contributed by atoms with E-state index in [1.165, 1.54) is 76.8 Å². The highest BCUT2D eigenvalue weighted by atomic mass is 15.0. The van der Waals surface area contributed by atoms with Crippen molar-refractivity contribution in [3.05, 3.63) is 199 Å². The summed E-state index contributed by atoms with van der Waals surface area (Å²) < 4.78 is 2.46. The molecule has 4 heteroatoms. The summed E-state index contributed by atoms with van der Waals surface area (Å²) in [6.07, 6.45) is 31.3. The number of benzene rings is 5. The van der Waals surface area contributed by atoms with E-state index in [1.54, 1.807) is 0 Å². The van der Waals surface area contributed by atoms with Gasteiger partial charge in [0.05, 0.1) is 11.6 Å². The van der Waals surface area contributed by atoms with E-state index in [1.807, 2.05) is 24.8 Å². The van der Waals surface area contributed by atoms with Crippen molar-refractivity contribution >= 4 is 60.1 Å². The summed E-state index contributed by atoms with van der Waals surface area (Å²) in [6.45, 7) is 0.750. The first kappa shape index (κ1) is 33.3. The topological polar surface area (TPSA) is 42.7 Å². The van der Waals surface area contributed by atoms with Gasteiger partial charge in [-0.2, -0.15) is 0 Å². The molecule has 4 nitrogen and oxygen atoms in total. The Bertz CT molecular complexity index is 3100. The molecule has 0 bridgehead atoms. The van der Waals surface area contributed by atoms with E-state index in [0.717, 1.165) is 48.1 Å². The molecule has 5 aromatic carbocycles. The van der Waals surface area contributed by atoms with Crippen LogP contribution in [0.5, 0.6) is 0 Å². The average molecular weight is 733 g/mol. The van der Waals surface area contributed by atoms with Gasteiger partial charge in [-0.3, -0.25) is 9.97 Å². The van der Waals surface area contributed by atoms with Crippen LogP contribution in [0.3, 0.4) is 0 Å². The lowest BCUT2D eigenvalue weighted by molar-refractivity contribution is 0.648. The van der Waals surface area contributed by atoms with Gasteiger partial charge >= 0.3 is 0 Å². The second-order valence-corrected chi connectivity index (χ2v) is 15.3. The Labute approximate surface area is 332 Å². The molecule has 2 aliphatic carbocycles. The van der Waals surface area contributed by atoms with Crippen LogP contribution >= 0.6 is 0 Å². The molecule has 0 saturated heterocycles. The molecule has 1 aliphatic heterocycles. The van der Waals surface area contributed by atoms with Gasteiger partial charge in [0, 0.05) is 64.9 Å². The van der Waals surface area contributed by atoms with Gasteiger partial charge in [0.1, 0.15) is 0 Å². The molecule has 11 rings (SSSR count). The van der Waals surface area contributed by atoms with Crippen LogP contribution in [-0.2, 0) is 0 Å². The molecule has 272 valence electrons.